The molecule has 0 aliphatic heterocycles. The van der Waals surface area contributed by atoms with E-state index in [2.05, 4.69) is 10.7 Å². The summed E-state index contributed by atoms with van der Waals surface area (Å²) in [6, 6.07) is 0. The van der Waals surface area contributed by atoms with Crippen LogP contribution < -0.4 is 0 Å². The molecule has 0 rings (SSSR count). The molecule has 9 heteroatoms. The van der Waals surface area contributed by atoms with E-state index in [-0.39, 0.29) is 0 Å². The van der Waals surface area contributed by atoms with Crippen LogP contribution in [0.5, 0.6) is 0 Å². The number of alkyl halides is 5. The van der Waals surface area contributed by atoms with Crippen molar-refractivity contribution in [3.8, 4) is 0 Å². The molecule has 0 aliphatic rings. The van der Waals surface area contributed by atoms with Gasteiger partial charge in [0.15, 0.2) is 0 Å². The number of hydrogen-bond acceptors (Lipinski definition) is 2. The van der Waals surface area contributed by atoms with Crippen molar-refractivity contribution in [2.24, 2.45) is 0 Å². The van der Waals surface area contributed by atoms with Crippen molar-refractivity contribution in [1.29, 1.82) is 0 Å². The molecule has 0 aliphatic carbocycles. The van der Waals surface area contributed by atoms with Gasteiger partial charge in [-0.2, -0.15) is 13.2 Å². The van der Waals surface area contributed by atoms with Crippen LogP contribution in [0.3, 0.4) is 0 Å². The van der Waals surface area contributed by atoms with Gasteiger partial charge in [-0.3, -0.25) is 0 Å². The molecular formula is C4H6ClF5O2S. The second-order valence-electron chi connectivity index (χ2n) is 1.82. The van der Waals surface area contributed by atoms with Crippen LogP contribution in [0.15, 0.2) is 0 Å². The zero-order valence-electron chi connectivity index (χ0n) is 6.28. The van der Waals surface area contributed by atoms with Crippen LogP contribution in [-0.4, -0.2) is 26.8 Å². The van der Waals surface area contributed by atoms with Crippen LogP contribution in [0.4, 0.5) is 22.0 Å². The predicted octanol–water partition coefficient (Wildman–Crippen LogP) is 2.39. The summed E-state index contributed by atoms with van der Waals surface area (Å²) < 4.78 is 72.9. The van der Waals surface area contributed by atoms with Crippen LogP contribution in [0.2, 0.25) is 0 Å². The van der Waals surface area contributed by atoms with Gasteiger partial charge < -0.3 is 0 Å². The van der Waals surface area contributed by atoms with E-state index >= 15 is 0 Å². The van der Waals surface area contributed by atoms with Crippen molar-refractivity contribution in [3.63, 3.8) is 0 Å². The molecule has 0 N–H and O–H groups in total. The minimum absolute atomic E-state index is 0.861. The van der Waals surface area contributed by atoms with Crippen LogP contribution >= 0.6 is 10.7 Å². The van der Waals surface area contributed by atoms with Crippen LogP contribution in [-0.2, 0) is 9.05 Å². The molecule has 0 heterocycles. The summed E-state index contributed by atoms with van der Waals surface area (Å²) >= 11 is 0. The molecule has 0 saturated carbocycles. The number of halogens is 6. The van der Waals surface area contributed by atoms with Gasteiger partial charge in [0.2, 0.25) is 0 Å². The van der Waals surface area contributed by atoms with Gasteiger partial charge >= 0.3 is 14.6 Å². The Balaban J connectivity index is 0. The summed E-state index contributed by atoms with van der Waals surface area (Å²) in [4.78, 5) is 0. The third-order valence-corrected chi connectivity index (χ3v) is 1.57. The highest BCUT2D eigenvalue weighted by atomic mass is 35.7. The van der Waals surface area contributed by atoms with Crippen molar-refractivity contribution in [3.05, 3.63) is 0 Å². The summed E-state index contributed by atoms with van der Waals surface area (Å²) in [7, 11) is -1.51. The Labute approximate surface area is 76.1 Å². The topological polar surface area (TPSA) is 34.1 Å². The molecule has 0 aromatic carbocycles. The minimum Gasteiger partial charge on any atom is -0.248 e. The molecule has 82 valence electrons. The maximum absolute atomic E-state index is 11.1. The zero-order valence-corrected chi connectivity index (χ0v) is 7.85. The Kier molecular flexibility index (Phi) is 6.60. The molecule has 0 spiro atoms. The Bertz CT molecular complexity index is 221. The molecule has 0 aromatic heterocycles. The molecule has 1 unspecified atom stereocenters. The lowest BCUT2D eigenvalue weighted by atomic mass is 10.5. The van der Waals surface area contributed by atoms with Crippen molar-refractivity contribution in [2.45, 2.75) is 18.6 Å². The Morgan fingerprint density at radius 1 is 1.38 bits per heavy atom. The molecule has 1 atom stereocenters. The summed E-state index contributed by atoms with van der Waals surface area (Å²) in [6.07, 6.45) is -1.28. The molecule has 2 nitrogen and oxygen atoms in total. The Morgan fingerprint density at radius 2 is 1.54 bits per heavy atom. The molecule has 0 amide bonds. The molecule has 0 aromatic rings. The first-order chi connectivity index (χ1) is 5.52. The smallest absolute Gasteiger partial charge is 0.248 e. The average Bonchev–Trinajstić information content (AvgIpc) is 1.84. The van der Waals surface area contributed by atoms with E-state index in [0.29, 0.717) is 0 Å². The second kappa shape index (κ2) is 5.58. The second-order valence-corrected chi connectivity index (χ2v) is 4.38. The van der Waals surface area contributed by atoms with Crippen molar-refractivity contribution in [1.82, 2.24) is 0 Å². The Hall–Kier alpha value is -0.110. The van der Waals surface area contributed by atoms with E-state index in [0.717, 1.165) is 0 Å². The van der Waals surface area contributed by atoms with Crippen molar-refractivity contribution >= 4 is 19.7 Å². The van der Waals surface area contributed by atoms with Gasteiger partial charge in [-0.05, 0) is 6.92 Å². The first kappa shape index (κ1) is 15.4. The summed E-state index contributed by atoms with van der Waals surface area (Å²) in [5, 5.41) is 0. The lowest BCUT2D eigenvalue weighted by molar-refractivity contribution is -0.0412. The quantitative estimate of drug-likeness (QED) is 0.527. The number of rotatable bonds is 1. The van der Waals surface area contributed by atoms with Crippen LogP contribution in [0.25, 0.3) is 0 Å². The van der Waals surface area contributed by atoms with Gasteiger partial charge in [0.05, 0.1) is 0 Å². The third-order valence-electron chi connectivity index (χ3n) is 0.489. The van der Waals surface area contributed by atoms with Crippen LogP contribution in [0, 0.1) is 0 Å². The summed E-state index contributed by atoms with van der Waals surface area (Å²) in [6.45, 7) is 0.319. The van der Waals surface area contributed by atoms with E-state index in [1.54, 1.807) is 0 Å². The lowest BCUT2D eigenvalue weighted by Crippen LogP contribution is -2.16. The van der Waals surface area contributed by atoms with E-state index in [4.69, 9.17) is 0 Å². The molecule has 0 fully saturated rings. The molecule has 0 radical (unpaired) electrons. The fraction of sp³-hybridized carbons (Fsp3) is 1.00. The average molecular weight is 249 g/mol. The minimum atomic E-state index is -5.37. The predicted molar refractivity (Wildman–Crippen MR) is 37.4 cm³/mol. The zero-order chi connectivity index (χ0) is 11.3. The van der Waals surface area contributed by atoms with Crippen molar-refractivity contribution < 1.29 is 30.4 Å². The number of hydrogen-bond donors (Lipinski definition) is 0. The highest BCUT2D eigenvalue weighted by molar-refractivity contribution is 8.14. The van der Waals surface area contributed by atoms with Gasteiger partial charge in [0, 0.05) is 10.7 Å². The van der Waals surface area contributed by atoms with E-state index < -0.39 is 27.4 Å². The largest absolute Gasteiger partial charge is 0.511 e. The highest BCUT2D eigenvalue weighted by Crippen LogP contribution is 2.25. The maximum atomic E-state index is 11.1. The van der Waals surface area contributed by atoms with E-state index in [1.165, 1.54) is 6.92 Å². The highest BCUT2D eigenvalue weighted by Gasteiger charge is 2.44. The first-order valence-electron chi connectivity index (χ1n) is 2.73. The molecule has 13 heavy (non-hydrogen) atoms. The fourth-order valence-electron chi connectivity index (χ4n) is 0. The normalized spacial score (nSPS) is 14.4. The van der Waals surface area contributed by atoms with Gasteiger partial charge in [-0.25, -0.2) is 17.2 Å². The fourth-order valence-corrected chi connectivity index (χ4v) is 0. The molecule has 0 saturated heterocycles. The summed E-state index contributed by atoms with van der Waals surface area (Å²) in [5.41, 5.74) is -5.32. The van der Waals surface area contributed by atoms with E-state index in [9.17, 15) is 30.4 Å². The SMILES string of the molecule is CC(F)CF.O=S(=O)(Cl)C(F)(F)F. The van der Waals surface area contributed by atoms with Gasteiger partial charge in [-0.15, -0.1) is 0 Å². The van der Waals surface area contributed by atoms with Gasteiger partial charge in [0.25, 0.3) is 0 Å². The summed E-state index contributed by atoms with van der Waals surface area (Å²) in [5.74, 6) is 0. The standard InChI is InChI=1S/C3H6F2.CClF3O2S/c1-3(5)2-4;2-8(6,7)1(3,4)5/h3H,2H2,1H3;. The van der Waals surface area contributed by atoms with Gasteiger partial charge in [0.1, 0.15) is 12.8 Å². The van der Waals surface area contributed by atoms with E-state index in [1.807, 2.05) is 0 Å². The first-order valence-corrected chi connectivity index (χ1v) is 5.04. The van der Waals surface area contributed by atoms with Crippen molar-refractivity contribution in [2.75, 3.05) is 6.67 Å². The molecule has 0 bridgehead atoms. The molecular weight excluding hydrogens is 243 g/mol. The third kappa shape index (κ3) is 9.81. The van der Waals surface area contributed by atoms with Crippen LogP contribution in [0.1, 0.15) is 6.92 Å². The van der Waals surface area contributed by atoms with Gasteiger partial charge in [-0.1, -0.05) is 0 Å². The Morgan fingerprint density at radius 3 is 1.54 bits per heavy atom. The monoisotopic (exact) mass is 248 g/mol. The maximum Gasteiger partial charge on any atom is 0.511 e. The lowest BCUT2D eigenvalue weighted by Gasteiger charge is -1.96.